The molecule has 1 aliphatic rings. The van der Waals surface area contributed by atoms with Crippen LogP contribution in [0.3, 0.4) is 0 Å². The summed E-state index contributed by atoms with van der Waals surface area (Å²) < 4.78 is 89.9. The molecule has 0 aliphatic carbocycles. The largest absolute Gasteiger partial charge is 0.497 e. The number of hydrogen-bond acceptors (Lipinski definition) is 5. The van der Waals surface area contributed by atoms with Crippen molar-refractivity contribution in [1.82, 2.24) is 24.4 Å². The minimum Gasteiger partial charge on any atom is -0.497 e. The van der Waals surface area contributed by atoms with Crippen LogP contribution < -0.4 is 4.74 Å². The van der Waals surface area contributed by atoms with Gasteiger partial charge < -0.3 is 14.5 Å². The molecular weight excluding hydrogens is 568 g/mol. The number of alkyl halides is 3. The summed E-state index contributed by atoms with van der Waals surface area (Å²) in [6.07, 6.45) is -3.88. The number of hydrogen-bond donors (Lipinski definition) is 0. The van der Waals surface area contributed by atoms with Crippen LogP contribution in [0.1, 0.15) is 34.1 Å². The van der Waals surface area contributed by atoms with E-state index >= 15 is 0 Å². The van der Waals surface area contributed by atoms with Crippen molar-refractivity contribution in [2.75, 3.05) is 20.2 Å². The Morgan fingerprint density at radius 1 is 1.10 bits per heavy atom. The Hall–Kier alpha value is -4.62. The first-order chi connectivity index (χ1) is 19.8. The Balaban J connectivity index is 1.50. The lowest BCUT2D eigenvalue weighted by Gasteiger charge is -2.39. The van der Waals surface area contributed by atoms with E-state index in [1.165, 1.54) is 33.1 Å². The van der Waals surface area contributed by atoms with Crippen molar-refractivity contribution in [2.24, 2.45) is 0 Å². The number of ether oxygens (including phenoxy) is 1. The van der Waals surface area contributed by atoms with Gasteiger partial charge in [0.05, 0.1) is 19.0 Å². The van der Waals surface area contributed by atoms with E-state index in [4.69, 9.17) is 4.74 Å². The monoisotopic (exact) mass is 591 g/mol. The van der Waals surface area contributed by atoms with Crippen molar-refractivity contribution >= 4 is 17.5 Å². The number of piperazine rings is 1. The molecule has 1 fully saturated rings. The number of amides is 2. The third-order valence-electron chi connectivity index (χ3n) is 7.18. The summed E-state index contributed by atoms with van der Waals surface area (Å²) in [4.78, 5) is 33.4. The molecule has 3 heterocycles. The molecule has 1 aliphatic heterocycles. The van der Waals surface area contributed by atoms with Crippen LogP contribution in [-0.4, -0.2) is 62.5 Å². The van der Waals surface area contributed by atoms with Crippen LogP contribution in [0, 0.1) is 24.4 Å². The number of carbonyl (C=O) groups is 2. The minimum absolute atomic E-state index is 0.0228. The highest BCUT2D eigenvalue weighted by molar-refractivity contribution is 6.02. The average molecular weight is 592 g/mol. The first-order valence-electron chi connectivity index (χ1n) is 12.6. The maximum absolute atomic E-state index is 14.2. The SMILES string of the molecule is COc1ccc(-c2nc3c(C(=O)N4CCN(Cc5cc(F)cc(F)c5F)C(=O)[C@H]4C)cnn3c(C(F)(F)F)c2C)cc1. The average Bonchev–Trinajstić information content (AvgIpc) is 3.35. The zero-order chi connectivity index (χ0) is 30.5. The van der Waals surface area contributed by atoms with Crippen molar-refractivity contribution in [2.45, 2.75) is 32.6 Å². The van der Waals surface area contributed by atoms with Gasteiger partial charge in [0.1, 0.15) is 23.2 Å². The van der Waals surface area contributed by atoms with Crippen molar-refractivity contribution in [3.05, 3.63) is 82.4 Å². The summed E-state index contributed by atoms with van der Waals surface area (Å²) in [5.41, 5.74) is -1.99. The molecule has 0 spiro atoms. The third kappa shape index (κ3) is 5.01. The Labute approximate surface area is 235 Å². The molecule has 0 bridgehead atoms. The summed E-state index contributed by atoms with van der Waals surface area (Å²) in [6.45, 7) is 1.99. The molecule has 14 heteroatoms. The van der Waals surface area contributed by atoms with Gasteiger partial charge in [-0.05, 0) is 44.2 Å². The topological polar surface area (TPSA) is 80.0 Å². The molecule has 2 aromatic heterocycles. The molecule has 0 saturated carbocycles. The number of halogens is 6. The highest BCUT2D eigenvalue weighted by Crippen LogP contribution is 2.37. The van der Waals surface area contributed by atoms with Crippen molar-refractivity contribution in [3.63, 3.8) is 0 Å². The molecule has 1 saturated heterocycles. The van der Waals surface area contributed by atoms with E-state index in [2.05, 4.69) is 10.1 Å². The molecule has 220 valence electrons. The predicted octanol–water partition coefficient (Wildman–Crippen LogP) is 5.02. The Kier molecular flexibility index (Phi) is 7.33. The minimum atomic E-state index is -4.85. The van der Waals surface area contributed by atoms with Crippen LogP contribution in [0.15, 0.2) is 42.6 Å². The lowest BCUT2D eigenvalue weighted by Crippen LogP contribution is -2.57. The fourth-order valence-electron chi connectivity index (χ4n) is 5.04. The zero-order valence-electron chi connectivity index (χ0n) is 22.5. The molecule has 5 rings (SSSR count). The van der Waals surface area contributed by atoms with E-state index < -0.39 is 53.7 Å². The second-order valence-electron chi connectivity index (χ2n) is 9.75. The van der Waals surface area contributed by atoms with Gasteiger partial charge in [-0.3, -0.25) is 9.59 Å². The van der Waals surface area contributed by atoms with Crippen molar-refractivity contribution in [1.29, 1.82) is 0 Å². The Morgan fingerprint density at radius 3 is 2.43 bits per heavy atom. The van der Waals surface area contributed by atoms with E-state index in [0.717, 1.165) is 22.1 Å². The summed E-state index contributed by atoms with van der Waals surface area (Å²) in [5, 5.41) is 3.82. The number of nitrogens with zero attached hydrogens (tertiary/aromatic N) is 5. The second-order valence-corrected chi connectivity index (χ2v) is 9.75. The molecular formula is C28H23F6N5O3. The van der Waals surface area contributed by atoms with E-state index in [0.29, 0.717) is 21.9 Å². The van der Waals surface area contributed by atoms with Crippen LogP contribution >= 0.6 is 0 Å². The molecule has 8 nitrogen and oxygen atoms in total. The van der Waals surface area contributed by atoms with Crippen LogP contribution in [0.2, 0.25) is 0 Å². The second kappa shape index (κ2) is 10.7. The third-order valence-corrected chi connectivity index (χ3v) is 7.18. The van der Waals surface area contributed by atoms with Gasteiger partial charge in [-0.25, -0.2) is 22.7 Å². The van der Waals surface area contributed by atoms with Gasteiger partial charge in [0.25, 0.3) is 5.91 Å². The first kappa shape index (κ1) is 28.9. The summed E-state index contributed by atoms with van der Waals surface area (Å²) in [5.74, 6) is -4.66. The van der Waals surface area contributed by atoms with Crippen LogP contribution in [-0.2, 0) is 17.5 Å². The molecule has 42 heavy (non-hydrogen) atoms. The quantitative estimate of drug-likeness (QED) is 0.241. The number of benzene rings is 2. The molecule has 0 N–H and O–H groups in total. The maximum atomic E-state index is 14.2. The first-order valence-corrected chi connectivity index (χ1v) is 12.6. The van der Waals surface area contributed by atoms with Crippen LogP contribution in [0.5, 0.6) is 5.75 Å². The molecule has 4 aromatic rings. The van der Waals surface area contributed by atoms with Crippen molar-refractivity contribution < 1.29 is 40.7 Å². The Bertz CT molecular complexity index is 1700. The van der Waals surface area contributed by atoms with Gasteiger partial charge >= 0.3 is 6.18 Å². The molecule has 2 amide bonds. The molecule has 1 atom stereocenters. The lowest BCUT2D eigenvalue weighted by molar-refractivity contribution is -0.143. The van der Waals surface area contributed by atoms with Crippen molar-refractivity contribution in [3.8, 4) is 17.0 Å². The smallest absolute Gasteiger partial charge is 0.433 e. The lowest BCUT2D eigenvalue weighted by atomic mass is 10.0. The number of carbonyl (C=O) groups excluding carboxylic acids is 2. The summed E-state index contributed by atoms with van der Waals surface area (Å²) in [7, 11) is 1.45. The fraction of sp³-hybridized carbons (Fsp3) is 0.286. The number of aromatic nitrogens is 3. The number of rotatable bonds is 5. The summed E-state index contributed by atoms with van der Waals surface area (Å²) >= 11 is 0. The maximum Gasteiger partial charge on any atom is 0.433 e. The van der Waals surface area contributed by atoms with Crippen LogP contribution in [0.4, 0.5) is 26.3 Å². The standard InChI is InChI=1S/C28H23F6N5O3/c1-14-23(16-4-6-19(42-3)7-5-16)36-25-20(12-35-39(25)24(14)28(32,33)34)27(41)38-9-8-37(26(40)15(38)2)13-17-10-18(29)11-21(30)22(17)31/h4-7,10-12,15H,8-9,13H2,1-3H3/t15-/m1/s1. The van der Waals surface area contributed by atoms with Gasteiger partial charge in [0.2, 0.25) is 5.91 Å². The van der Waals surface area contributed by atoms with Gasteiger partial charge in [0.15, 0.2) is 23.0 Å². The highest BCUT2D eigenvalue weighted by Gasteiger charge is 2.40. The summed E-state index contributed by atoms with van der Waals surface area (Å²) in [6, 6.07) is 6.23. The van der Waals surface area contributed by atoms with Gasteiger partial charge in [-0.1, -0.05) is 0 Å². The number of methoxy groups -OCH3 is 1. The fourth-order valence-corrected chi connectivity index (χ4v) is 5.04. The van der Waals surface area contributed by atoms with Crippen LogP contribution in [0.25, 0.3) is 16.9 Å². The highest BCUT2D eigenvalue weighted by atomic mass is 19.4. The molecule has 0 radical (unpaired) electrons. The normalized spacial score (nSPS) is 15.9. The van der Waals surface area contributed by atoms with E-state index in [1.54, 1.807) is 12.1 Å². The van der Waals surface area contributed by atoms with Gasteiger partial charge in [-0.15, -0.1) is 0 Å². The number of fused-ring (bicyclic) bond motifs is 1. The Morgan fingerprint density at radius 2 is 1.79 bits per heavy atom. The van der Waals surface area contributed by atoms with E-state index in [9.17, 15) is 35.9 Å². The molecule has 2 aromatic carbocycles. The zero-order valence-corrected chi connectivity index (χ0v) is 22.5. The molecule has 0 unspecified atom stereocenters. The van der Waals surface area contributed by atoms with E-state index in [1.807, 2.05) is 0 Å². The van der Waals surface area contributed by atoms with Gasteiger partial charge in [-0.2, -0.15) is 18.3 Å². The van der Waals surface area contributed by atoms with E-state index in [-0.39, 0.29) is 41.1 Å². The predicted molar refractivity (Wildman–Crippen MR) is 137 cm³/mol. The van der Waals surface area contributed by atoms with Gasteiger partial charge in [0, 0.05) is 42.4 Å².